The summed E-state index contributed by atoms with van der Waals surface area (Å²) < 4.78 is 5.02. The number of carbonyl (C=O) groups excluding carboxylic acids is 1. The first-order valence-electron chi connectivity index (χ1n) is 10.1. The second-order valence-electron chi connectivity index (χ2n) is 7.11. The Kier molecular flexibility index (Phi) is 5.75. The van der Waals surface area contributed by atoms with Crippen molar-refractivity contribution in [2.75, 3.05) is 42.6 Å². The van der Waals surface area contributed by atoms with Crippen LogP contribution in [0.5, 0.6) is 0 Å². The molecule has 1 saturated heterocycles. The maximum atomic E-state index is 11.8. The highest BCUT2D eigenvalue weighted by atomic mass is 16.5. The van der Waals surface area contributed by atoms with Gasteiger partial charge in [0.15, 0.2) is 0 Å². The number of hydrogen-bond donors (Lipinski definition) is 0. The third kappa shape index (κ3) is 4.03. The first kappa shape index (κ1) is 19.6. The quantitative estimate of drug-likeness (QED) is 0.620. The van der Waals surface area contributed by atoms with E-state index in [1.807, 2.05) is 30.3 Å². The Bertz CT molecular complexity index is 1090. The van der Waals surface area contributed by atoms with Gasteiger partial charge in [-0.2, -0.15) is 5.26 Å². The number of carbonyl (C=O) groups is 1. The molecule has 0 aliphatic carbocycles. The molecular formula is C23H23N5O2. The SMILES string of the molecule is CCOC(=O)c1ccc(N2CCCN(c3cc(C#N)nc4ccccc34)CC2)nc1. The fraction of sp³-hybridized carbons (Fsp3) is 0.304. The van der Waals surface area contributed by atoms with Crippen LogP contribution in [0.4, 0.5) is 11.5 Å². The minimum absolute atomic E-state index is 0.347. The lowest BCUT2D eigenvalue weighted by Crippen LogP contribution is -2.31. The predicted molar refractivity (Wildman–Crippen MR) is 116 cm³/mol. The smallest absolute Gasteiger partial charge is 0.339 e. The summed E-state index contributed by atoms with van der Waals surface area (Å²) in [5, 5.41) is 10.4. The number of anilines is 2. The largest absolute Gasteiger partial charge is 0.462 e. The number of para-hydroxylation sites is 1. The molecule has 0 amide bonds. The highest BCUT2D eigenvalue weighted by Crippen LogP contribution is 2.28. The van der Waals surface area contributed by atoms with Crippen molar-refractivity contribution in [2.24, 2.45) is 0 Å². The van der Waals surface area contributed by atoms with Gasteiger partial charge in [-0.05, 0) is 37.6 Å². The third-order valence-corrected chi connectivity index (χ3v) is 5.23. The first-order valence-corrected chi connectivity index (χ1v) is 10.1. The molecule has 0 saturated carbocycles. The Morgan fingerprint density at radius 3 is 2.70 bits per heavy atom. The van der Waals surface area contributed by atoms with Crippen LogP contribution in [0.3, 0.4) is 0 Å². The molecule has 0 atom stereocenters. The lowest BCUT2D eigenvalue weighted by molar-refractivity contribution is 0.0526. The van der Waals surface area contributed by atoms with Gasteiger partial charge in [0, 0.05) is 43.4 Å². The Balaban J connectivity index is 1.53. The van der Waals surface area contributed by atoms with E-state index in [-0.39, 0.29) is 5.97 Å². The van der Waals surface area contributed by atoms with Gasteiger partial charge in [-0.3, -0.25) is 0 Å². The van der Waals surface area contributed by atoms with Crippen molar-refractivity contribution >= 4 is 28.4 Å². The fourth-order valence-corrected chi connectivity index (χ4v) is 3.77. The number of aromatic nitrogens is 2. The van der Waals surface area contributed by atoms with Crippen molar-refractivity contribution in [1.29, 1.82) is 5.26 Å². The molecule has 3 aromatic rings. The summed E-state index contributed by atoms with van der Waals surface area (Å²) in [4.78, 5) is 25.3. The predicted octanol–water partition coefficient (Wildman–Crippen LogP) is 3.39. The van der Waals surface area contributed by atoms with Crippen LogP contribution in [-0.2, 0) is 4.74 Å². The average molecular weight is 401 g/mol. The minimum Gasteiger partial charge on any atom is -0.462 e. The lowest BCUT2D eigenvalue weighted by atomic mass is 10.1. The number of rotatable bonds is 4. The number of nitrogens with zero attached hydrogens (tertiary/aromatic N) is 5. The number of esters is 1. The number of fused-ring (bicyclic) bond motifs is 1. The zero-order valence-corrected chi connectivity index (χ0v) is 16.9. The molecule has 1 aliphatic rings. The molecule has 1 aliphatic heterocycles. The molecule has 30 heavy (non-hydrogen) atoms. The normalized spacial score (nSPS) is 14.3. The summed E-state index contributed by atoms with van der Waals surface area (Å²) in [5.74, 6) is 0.499. The zero-order valence-electron chi connectivity index (χ0n) is 16.9. The average Bonchev–Trinajstić information content (AvgIpc) is 3.05. The molecule has 152 valence electrons. The van der Waals surface area contributed by atoms with E-state index in [1.54, 1.807) is 19.2 Å². The summed E-state index contributed by atoms with van der Waals surface area (Å²) >= 11 is 0. The molecular weight excluding hydrogens is 378 g/mol. The van der Waals surface area contributed by atoms with Crippen LogP contribution in [-0.4, -0.2) is 48.7 Å². The summed E-state index contributed by atoms with van der Waals surface area (Å²) in [7, 11) is 0. The van der Waals surface area contributed by atoms with Crippen LogP contribution in [0, 0.1) is 11.3 Å². The van der Waals surface area contributed by atoms with Crippen LogP contribution >= 0.6 is 0 Å². The van der Waals surface area contributed by atoms with Crippen molar-refractivity contribution < 1.29 is 9.53 Å². The summed E-state index contributed by atoms with van der Waals surface area (Å²) in [6.45, 7) is 5.49. The van der Waals surface area contributed by atoms with Crippen LogP contribution in [0.25, 0.3) is 10.9 Å². The van der Waals surface area contributed by atoms with Crippen molar-refractivity contribution in [3.05, 3.63) is 59.9 Å². The van der Waals surface area contributed by atoms with E-state index in [0.717, 1.165) is 55.0 Å². The minimum atomic E-state index is -0.351. The van der Waals surface area contributed by atoms with Gasteiger partial charge < -0.3 is 14.5 Å². The van der Waals surface area contributed by atoms with Gasteiger partial charge in [0.05, 0.1) is 17.7 Å². The maximum Gasteiger partial charge on any atom is 0.339 e. The number of benzene rings is 1. The van der Waals surface area contributed by atoms with Crippen molar-refractivity contribution in [3.63, 3.8) is 0 Å². The van der Waals surface area contributed by atoms with E-state index < -0.39 is 0 Å². The number of pyridine rings is 2. The summed E-state index contributed by atoms with van der Waals surface area (Å²) in [6.07, 6.45) is 2.53. The van der Waals surface area contributed by atoms with Gasteiger partial charge >= 0.3 is 5.97 Å². The van der Waals surface area contributed by atoms with Gasteiger partial charge in [-0.25, -0.2) is 14.8 Å². The summed E-state index contributed by atoms with van der Waals surface area (Å²) in [6, 6.07) is 15.6. The topological polar surface area (TPSA) is 82.4 Å². The molecule has 2 aromatic heterocycles. The number of hydrogen-bond acceptors (Lipinski definition) is 7. The van der Waals surface area contributed by atoms with E-state index in [4.69, 9.17) is 4.74 Å². The molecule has 3 heterocycles. The highest BCUT2D eigenvalue weighted by Gasteiger charge is 2.19. The molecule has 7 heteroatoms. The Hall–Kier alpha value is -3.66. The van der Waals surface area contributed by atoms with Crippen molar-refractivity contribution in [3.8, 4) is 6.07 Å². The van der Waals surface area contributed by atoms with Crippen LogP contribution in [0.1, 0.15) is 29.4 Å². The molecule has 1 fully saturated rings. The van der Waals surface area contributed by atoms with Gasteiger partial charge in [-0.15, -0.1) is 0 Å². The molecule has 0 radical (unpaired) electrons. The first-order chi connectivity index (χ1) is 14.7. The zero-order chi connectivity index (χ0) is 20.9. The van der Waals surface area contributed by atoms with Gasteiger partial charge in [0.1, 0.15) is 17.6 Å². The molecule has 1 aromatic carbocycles. The van der Waals surface area contributed by atoms with E-state index >= 15 is 0 Å². The molecule has 0 unspecified atom stereocenters. The Morgan fingerprint density at radius 2 is 1.93 bits per heavy atom. The highest BCUT2D eigenvalue weighted by molar-refractivity contribution is 5.92. The standard InChI is InChI=1S/C23H23N5O2/c1-2-30-23(29)17-8-9-22(25-16-17)28-11-5-10-27(12-13-28)21-14-18(15-24)26-20-7-4-3-6-19(20)21/h3-4,6-9,14,16H,2,5,10-13H2,1H3. The summed E-state index contributed by atoms with van der Waals surface area (Å²) in [5.41, 5.74) is 2.78. The lowest BCUT2D eigenvalue weighted by Gasteiger charge is -2.25. The van der Waals surface area contributed by atoms with Crippen LogP contribution in [0.15, 0.2) is 48.7 Å². The number of nitriles is 1. The second-order valence-corrected chi connectivity index (χ2v) is 7.11. The monoisotopic (exact) mass is 401 g/mol. The Morgan fingerprint density at radius 1 is 1.13 bits per heavy atom. The maximum absolute atomic E-state index is 11.8. The van der Waals surface area contributed by atoms with Gasteiger partial charge in [-0.1, -0.05) is 18.2 Å². The van der Waals surface area contributed by atoms with Gasteiger partial charge in [0.25, 0.3) is 0 Å². The molecule has 4 rings (SSSR count). The molecule has 0 bridgehead atoms. The molecule has 0 N–H and O–H groups in total. The van der Waals surface area contributed by atoms with Crippen LogP contribution in [0.2, 0.25) is 0 Å². The van der Waals surface area contributed by atoms with E-state index in [9.17, 15) is 10.1 Å². The molecule has 0 spiro atoms. The van der Waals surface area contributed by atoms with E-state index in [2.05, 4.69) is 31.9 Å². The fourth-order valence-electron chi connectivity index (χ4n) is 3.77. The Labute approximate surface area is 175 Å². The van der Waals surface area contributed by atoms with Crippen molar-refractivity contribution in [1.82, 2.24) is 9.97 Å². The van der Waals surface area contributed by atoms with Crippen molar-refractivity contribution in [2.45, 2.75) is 13.3 Å². The number of ether oxygens (including phenoxy) is 1. The molecule has 7 nitrogen and oxygen atoms in total. The van der Waals surface area contributed by atoms with E-state index in [1.165, 1.54) is 0 Å². The second kappa shape index (κ2) is 8.78. The van der Waals surface area contributed by atoms with Gasteiger partial charge in [0.2, 0.25) is 0 Å². The third-order valence-electron chi connectivity index (χ3n) is 5.23. The van der Waals surface area contributed by atoms with E-state index in [0.29, 0.717) is 17.9 Å². The van der Waals surface area contributed by atoms with Crippen LogP contribution < -0.4 is 9.80 Å².